The van der Waals surface area contributed by atoms with Crippen LogP contribution in [0.15, 0.2) is 207 Å². The van der Waals surface area contributed by atoms with Crippen LogP contribution in [0.2, 0.25) is 0 Å². The molecule has 0 N–H and O–H groups in total. The third kappa shape index (κ3) is 5.46. The Morgan fingerprint density at radius 2 is 0.800 bits per heavy atom. The molecule has 2 heterocycles. The van der Waals surface area contributed by atoms with Gasteiger partial charge in [0.2, 0.25) is 0 Å². The Kier molecular flexibility index (Phi) is 8.00. The predicted molar refractivity (Wildman–Crippen MR) is 222 cm³/mol. The van der Waals surface area contributed by atoms with Gasteiger partial charge < -0.3 is 0 Å². The van der Waals surface area contributed by atoms with Gasteiger partial charge in [-0.1, -0.05) is 182 Å². The zero-order valence-electron chi connectivity index (χ0n) is 29.9. The average Bonchev–Trinajstić information content (AvgIpc) is 3.58. The normalized spacial score (nSPS) is 12.5. The van der Waals surface area contributed by atoms with Crippen LogP contribution >= 0.6 is 0 Å². The summed E-state index contributed by atoms with van der Waals surface area (Å²) in [6, 6.07) is 69.0. The SMILES string of the molecule is c1ccc(-c2nc(-c3ccc(-c4c(-c5ccccc5)ccc5c4-c4ccccc4C5(c4ccccc4)c4ccccc4)cc3)nc(-c3cccnc3)n2)cc1. The summed E-state index contributed by atoms with van der Waals surface area (Å²) in [4.78, 5) is 19.2. The van der Waals surface area contributed by atoms with Crippen LogP contribution in [0.4, 0.5) is 0 Å². The molecule has 0 fully saturated rings. The number of pyridine rings is 1. The molecule has 0 aliphatic heterocycles. The molecule has 0 atom stereocenters. The lowest BCUT2D eigenvalue weighted by molar-refractivity contribution is 0.768. The molecule has 0 bridgehead atoms. The first-order chi connectivity index (χ1) is 27.3. The predicted octanol–water partition coefficient (Wildman–Crippen LogP) is 12.0. The van der Waals surface area contributed by atoms with Crippen LogP contribution in [0.5, 0.6) is 0 Å². The number of hydrogen-bond acceptors (Lipinski definition) is 4. The lowest BCUT2D eigenvalue weighted by atomic mass is 9.67. The molecule has 10 rings (SSSR count). The zero-order valence-corrected chi connectivity index (χ0v) is 29.9. The second-order valence-electron chi connectivity index (χ2n) is 13.8. The molecule has 1 aliphatic carbocycles. The van der Waals surface area contributed by atoms with E-state index in [4.69, 9.17) is 15.0 Å². The first-order valence-corrected chi connectivity index (χ1v) is 18.6. The minimum atomic E-state index is -0.500. The van der Waals surface area contributed by atoms with Crippen molar-refractivity contribution in [1.29, 1.82) is 0 Å². The van der Waals surface area contributed by atoms with Gasteiger partial charge in [0.05, 0.1) is 5.41 Å². The minimum absolute atomic E-state index is 0.500. The molecule has 0 amide bonds. The maximum Gasteiger partial charge on any atom is 0.165 e. The molecule has 258 valence electrons. The van der Waals surface area contributed by atoms with Crippen molar-refractivity contribution in [3.8, 4) is 67.5 Å². The third-order valence-electron chi connectivity index (χ3n) is 10.7. The van der Waals surface area contributed by atoms with Crippen LogP contribution in [-0.2, 0) is 5.41 Å². The van der Waals surface area contributed by atoms with Gasteiger partial charge in [-0.25, -0.2) is 15.0 Å². The summed E-state index contributed by atoms with van der Waals surface area (Å²) in [5, 5.41) is 0. The van der Waals surface area contributed by atoms with Gasteiger partial charge in [-0.15, -0.1) is 0 Å². The maximum atomic E-state index is 5.00. The maximum absolute atomic E-state index is 5.00. The van der Waals surface area contributed by atoms with E-state index in [0.717, 1.165) is 22.3 Å². The highest BCUT2D eigenvalue weighted by atomic mass is 15.0. The van der Waals surface area contributed by atoms with Crippen LogP contribution in [0.25, 0.3) is 67.5 Å². The van der Waals surface area contributed by atoms with E-state index in [1.54, 1.807) is 12.4 Å². The summed E-state index contributed by atoms with van der Waals surface area (Å²) < 4.78 is 0. The molecule has 0 radical (unpaired) electrons. The first-order valence-electron chi connectivity index (χ1n) is 18.6. The number of rotatable bonds is 7. The van der Waals surface area contributed by atoms with Crippen LogP contribution in [-0.4, -0.2) is 19.9 Å². The van der Waals surface area contributed by atoms with E-state index in [2.05, 4.69) is 157 Å². The van der Waals surface area contributed by atoms with Crippen LogP contribution in [0, 0.1) is 0 Å². The molecule has 1 aliphatic rings. The summed E-state index contributed by atoms with van der Waals surface area (Å²) in [5.41, 5.74) is 14.4. The molecule has 9 aromatic rings. The highest BCUT2D eigenvalue weighted by Gasteiger charge is 2.47. The van der Waals surface area contributed by atoms with Crippen molar-refractivity contribution in [1.82, 2.24) is 19.9 Å². The molecular formula is C51H34N4. The topological polar surface area (TPSA) is 51.6 Å². The van der Waals surface area contributed by atoms with Crippen molar-refractivity contribution >= 4 is 0 Å². The molecule has 4 nitrogen and oxygen atoms in total. The Bertz CT molecular complexity index is 2670. The van der Waals surface area contributed by atoms with Gasteiger partial charge in [0.25, 0.3) is 0 Å². The first kappa shape index (κ1) is 32.4. The molecule has 0 saturated heterocycles. The minimum Gasteiger partial charge on any atom is -0.264 e. The van der Waals surface area contributed by atoms with Gasteiger partial charge in [-0.3, -0.25) is 4.98 Å². The second-order valence-corrected chi connectivity index (χ2v) is 13.8. The van der Waals surface area contributed by atoms with E-state index in [-0.39, 0.29) is 0 Å². The molecule has 2 aromatic heterocycles. The Balaban J connectivity index is 1.21. The molecule has 0 unspecified atom stereocenters. The fourth-order valence-corrected chi connectivity index (χ4v) is 8.32. The largest absolute Gasteiger partial charge is 0.264 e. The van der Waals surface area contributed by atoms with E-state index >= 15 is 0 Å². The summed E-state index contributed by atoms with van der Waals surface area (Å²) in [6.45, 7) is 0. The number of benzene rings is 7. The fourth-order valence-electron chi connectivity index (χ4n) is 8.32. The van der Waals surface area contributed by atoms with Crippen molar-refractivity contribution in [2.24, 2.45) is 0 Å². The standard InChI is InChI=1S/C51H34N4/c1-5-16-35(17-6-1)42-31-32-45-47(43-25-13-14-26-44(43)51(45,40-21-9-3-10-22-40)41-23-11-4-12-24-41)46(42)36-27-29-38(30-28-36)49-53-48(37-18-7-2-8-19-37)54-50(55-49)39-20-15-33-52-34-39/h1-34H. The van der Waals surface area contributed by atoms with Crippen LogP contribution in [0.3, 0.4) is 0 Å². The smallest absolute Gasteiger partial charge is 0.165 e. The Morgan fingerprint density at radius 1 is 0.309 bits per heavy atom. The van der Waals surface area contributed by atoms with E-state index in [0.29, 0.717) is 17.5 Å². The van der Waals surface area contributed by atoms with Crippen LogP contribution < -0.4 is 0 Å². The van der Waals surface area contributed by atoms with Gasteiger partial charge in [0, 0.05) is 29.1 Å². The summed E-state index contributed by atoms with van der Waals surface area (Å²) in [6.07, 6.45) is 3.55. The lowest BCUT2D eigenvalue weighted by Crippen LogP contribution is -2.28. The highest BCUT2D eigenvalue weighted by Crippen LogP contribution is 2.59. The van der Waals surface area contributed by atoms with E-state index in [9.17, 15) is 0 Å². The Morgan fingerprint density at radius 3 is 1.40 bits per heavy atom. The lowest BCUT2D eigenvalue weighted by Gasteiger charge is -2.34. The summed E-state index contributed by atoms with van der Waals surface area (Å²) >= 11 is 0. The Hall–Kier alpha value is -7.30. The summed E-state index contributed by atoms with van der Waals surface area (Å²) in [5.74, 6) is 1.82. The second kappa shape index (κ2) is 13.6. The van der Waals surface area contributed by atoms with Crippen LogP contribution in [0.1, 0.15) is 22.3 Å². The molecule has 55 heavy (non-hydrogen) atoms. The molecular weight excluding hydrogens is 669 g/mol. The van der Waals surface area contributed by atoms with Crippen molar-refractivity contribution in [3.63, 3.8) is 0 Å². The van der Waals surface area contributed by atoms with Crippen molar-refractivity contribution in [2.45, 2.75) is 5.41 Å². The van der Waals surface area contributed by atoms with Crippen molar-refractivity contribution in [2.75, 3.05) is 0 Å². The van der Waals surface area contributed by atoms with Gasteiger partial charge in [0.1, 0.15) is 0 Å². The number of aromatic nitrogens is 4. The quantitative estimate of drug-likeness (QED) is 0.166. The molecule has 4 heteroatoms. The number of nitrogens with zero attached hydrogens (tertiary/aromatic N) is 4. The van der Waals surface area contributed by atoms with Crippen molar-refractivity contribution < 1.29 is 0 Å². The highest BCUT2D eigenvalue weighted by molar-refractivity contribution is 6.01. The van der Waals surface area contributed by atoms with Gasteiger partial charge >= 0.3 is 0 Å². The van der Waals surface area contributed by atoms with E-state index < -0.39 is 5.41 Å². The molecule has 0 saturated carbocycles. The number of fused-ring (bicyclic) bond motifs is 3. The Labute approximate surface area is 320 Å². The van der Waals surface area contributed by atoms with Gasteiger partial charge in [0.15, 0.2) is 17.5 Å². The zero-order chi connectivity index (χ0) is 36.6. The van der Waals surface area contributed by atoms with Crippen molar-refractivity contribution in [3.05, 3.63) is 229 Å². The van der Waals surface area contributed by atoms with E-state index in [1.165, 1.54) is 50.1 Å². The monoisotopic (exact) mass is 702 g/mol. The fraction of sp³-hybridized carbons (Fsp3) is 0.0196. The third-order valence-corrected chi connectivity index (χ3v) is 10.7. The van der Waals surface area contributed by atoms with E-state index in [1.807, 2.05) is 42.5 Å². The average molecular weight is 703 g/mol. The van der Waals surface area contributed by atoms with Gasteiger partial charge in [-0.2, -0.15) is 0 Å². The summed E-state index contributed by atoms with van der Waals surface area (Å²) in [7, 11) is 0. The number of hydrogen-bond donors (Lipinski definition) is 0. The molecule has 7 aromatic carbocycles. The van der Waals surface area contributed by atoms with Gasteiger partial charge in [-0.05, 0) is 67.8 Å². The molecule has 0 spiro atoms.